The van der Waals surface area contributed by atoms with E-state index in [1.165, 1.54) is 65.5 Å². The summed E-state index contributed by atoms with van der Waals surface area (Å²) in [5, 5.41) is 0. The first-order chi connectivity index (χ1) is 14.4. The molecule has 2 unspecified atom stereocenters. The zero-order chi connectivity index (χ0) is 21.4. The molecule has 2 aliphatic rings. The van der Waals surface area contributed by atoms with Crippen LogP contribution in [0.15, 0.2) is 58.7 Å². The van der Waals surface area contributed by atoms with Crippen LogP contribution in [0, 0.1) is 5.92 Å². The van der Waals surface area contributed by atoms with Gasteiger partial charge in [-0.3, -0.25) is 0 Å². The molecule has 0 nitrogen and oxygen atoms in total. The van der Waals surface area contributed by atoms with Gasteiger partial charge in [-0.15, -0.1) is 0 Å². The van der Waals surface area contributed by atoms with Crippen molar-refractivity contribution in [2.75, 3.05) is 0 Å². The van der Waals surface area contributed by atoms with Gasteiger partial charge in [0.15, 0.2) is 0 Å². The summed E-state index contributed by atoms with van der Waals surface area (Å²) in [6.07, 6.45) is 7.65. The number of hydrogen-bond donors (Lipinski definition) is 0. The fraction of sp³-hybridized carbons (Fsp3) is 0.467. The van der Waals surface area contributed by atoms with E-state index in [1.807, 2.05) is 0 Å². The Kier molecular flexibility index (Phi) is 6.05. The summed E-state index contributed by atoms with van der Waals surface area (Å²) in [6, 6.07) is 14.3. The van der Waals surface area contributed by atoms with Crippen LogP contribution in [0.25, 0.3) is 11.1 Å². The van der Waals surface area contributed by atoms with Gasteiger partial charge in [0.05, 0.1) is 0 Å². The first-order valence-corrected chi connectivity index (χ1v) is 12.1. The molecule has 0 saturated carbocycles. The molecule has 0 radical (unpaired) electrons. The van der Waals surface area contributed by atoms with Crippen molar-refractivity contribution in [1.82, 2.24) is 0 Å². The lowest BCUT2D eigenvalue weighted by Gasteiger charge is -2.18. The molecule has 2 atom stereocenters. The first kappa shape index (κ1) is 21.2. The molecule has 2 aliphatic carbocycles. The monoisotopic (exact) mass is 398 g/mol. The molecular weight excluding hydrogens is 360 g/mol. The van der Waals surface area contributed by atoms with Gasteiger partial charge in [-0.25, -0.2) is 0 Å². The van der Waals surface area contributed by atoms with E-state index in [1.54, 1.807) is 22.3 Å². The van der Waals surface area contributed by atoms with Crippen molar-refractivity contribution in [2.45, 2.75) is 86.0 Å². The summed E-state index contributed by atoms with van der Waals surface area (Å²) in [7, 11) is 0. The van der Waals surface area contributed by atoms with E-state index in [0.29, 0.717) is 11.8 Å². The topological polar surface area (TPSA) is 0 Å². The molecular formula is C30H38. The van der Waals surface area contributed by atoms with Crippen LogP contribution < -0.4 is 0 Å². The van der Waals surface area contributed by atoms with Crippen molar-refractivity contribution in [3.8, 4) is 11.1 Å². The average Bonchev–Trinajstić information content (AvgIpc) is 3.14. The second-order valence-corrected chi connectivity index (χ2v) is 9.69. The van der Waals surface area contributed by atoms with Crippen LogP contribution in [0.4, 0.5) is 0 Å². The minimum absolute atomic E-state index is 0.495. The molecule has 0 aliphatic heterocycles. The van der Waals surface area contributed by atoms with Gasteiger partial charge in [0.1, 0.15) is 0 Å². The molecule has 0 N–H and O–H groups in total. The second-order valence-electron chi connectivity index (χ2n) is 9.69. The van der Waals surface area contributed by atoms with E-state index < -0.39 is 0 Å². The lowest BCUT2D eigenvalue weighted by atomic mass is 9.87. The van der Waals surface area contributed by atoms with Crippen LogP contribution in [-0.2, 0) is 12.8 Å². The summed E-state index contributed by atoms with van der Waals surface area (Å²) in [6.45, 7) is 14.0. The Bertz CT molecular complexity index is 1010. The van der Waals surface area contributed by atoms with Crippen molar-refractivity contribution in [3.63, 3.8) is 0 Å². The first-order valence-electron chi connectivity index (χ1n) is 12.1. The summed E-state index contributed by atoms with van der Waals surface area (Å²) in [5.41, 5.74) is 15.3. The van der Waals surface area contributed by atoms with Gasteiger partial charge in [0.2, 0.25) is 0 Å². The maximum absolute atomic E-state index is 2.51. The Hall–Kier alpha value is -2.08. The van der Waals surface area contributed by atoms with Crippen molar-refractivity contribution in [1.29, 1.82) is 0 Å². The number of hydrogen-bond acceptors (Lipinski definition) is 0. The van der Waals surface area contributed by atoms with Crippen molar-refractivity contribution < 1.29 is 0 Å². The third kappa shape index (κ3) is 3.59. The molecule has 0 fully saturated rings. The third-order valence-corrected chi connectivity index (χ3v) is 8.01. The summed E-state index contributed by atoms with van der Waals surface area (Å²) < 4.78 is 0. The number of fused-ring (bicyclic) bond motifs is 3. The predicted molar refractivity (Wildman–Crippen MR) is 131 cm³/mol. The molecule has 0 bridgehead atoms. The molecule has 0 saturated heterocycles. The molecule has 0 amide bonds. The summed E-state index contributed by atoms with van der Waals surface area (Å²) >= 11 is 0. The van der Waals surface area contributed by atoms with Crippen LogP contribution >= 0.6 is 0 Å². The maximum Gasteiger partial charge on any atom is 0.00762 e. The van der Waals surface area contributed by atoms with Crippen LogP contribution in [0.1, 0.15) is 95.4 Å². The van der Waals surface area contributed by atoms with Crippen LogP contribution in [0.2, 0.25) is 0 Å². The highest BCUT2D eigenvalue weighted by Gasteiger charge is 2.30. The maximum atomic E-state index is 2.51. The quantitative estimate of drug-likeness (QED) is 0.409. The number of unbranched alkanes of at least 4 members (excludes halogenated alkanes) is 3. The van der Waals surface area contributed by atoms with Gasteiger partial charge in [-0.1, -0.05) is 87.6 Å². The molecule has 2 aromatic rings. The Morgan fingerprint density at radius 1 is 0.800 bits per heavy atom. The zero-order valence-corrected chi connectivity index (χ0v) is 19.9. The SMILES string of the molecule is CCCCCCc1ccc2c(c1)C(C)c1c(CC3=C(C)C(C)=C(C)C3C)cccc1-2. The largest absolute Gasteiger partial charge is 0.0654 e. The molecule has 158 valence electrons. The van der Waals surface area contributed by atoms with E-state index in [4.69, 9.17) is 0 Å². The summed E-state index contributed by atoms with van der Waals surface area (Å²) in [5.74, 6) is 1.07. The standard InChI is InChI=1S/C30H38/c1-7-8-9-10-12-24-15-16-26-27-14-11-13-25(30(27)23(6)29(26)17-24)18-28-21(4)19(2)20(3)22(28)5/h11,13-17,21,23H,7-10,12,18H2,1-6H3. The molecule has 0 aromatic heterocycles. The van der Waals surface area contributed by atoms with E-state index >= 15 is 0 Å². The van der Waals surface area contributed by atoms with Crippen molar-refractivity contribution >= 4 is 0 Å². The van der Waals surface area contributed by atoms with Gasteiger partial charge >= 0.3 is 0 Å². The van der Waals surface area contributed by atoms with Crippen molar-refractivity contribution in [2.24, 2.45) is 5.92 Å². The van der Waals surface area contributed by atoms with Crippen molar-refractivity contribution in [3.05, 3.63) is 80.9 Å². The third-order valence-electron chi connectivity index (χ3n) is 8.01. The minimum Gasteiger partial charge on any atom is -0.0654 e. The zero-order valence-electron chi connectivity index (χ0n) is 19.9. The second kappa shape index (κ2) is 8.58. The lowest BCUT2D eigenvalue weighted by Crippen LogP contribution is -2.04. The number of allylic oxidation sites excluding steroid dienone is 4. The summed E-state index contributed by atoms with van der Waals surface area (Å²) in [4.78, 5) is 0. The Balaban J connectivity index is 1.62. The van der Waals surface area contributed by atoms with Crippen LogP contribution in [-0.4, -0.2) is 0 Å². The fourth-order valence-corrected chi connectivity index (χ4v) is 5.73. The van der Waals surface area contributed by atoms with Gasteiger partial charge in [0, 0.05) is 5.92 Å². The molecule has 0 spiro atoms. The molecule has 2 aromatic carbocycles. The number of aryl methyl sites for hydroxylation is 1. The molecule has 0 heteroatoms. The molecule has 4 rings (SSSR count). The van der Waals surface area contributed by atoms with Gasteiger partial charge in [-0.05, 0) is 90.5 Å². The Labute approximate surface area is 184 Å². The highest BCUT2D eigenvalue weighted by molar-refractivity contribution is 5.80. The van der Waals surface area contributed by atoms with Gasteiger partial charge in [-0.2, -0.15) is 0 Å². The highest BCUT2D eigenvalue weighted by Crippen LogP contribution is 2.48. The number of rotatable bonds is 7. The van der Waals surface area contributed by atoms with E-state index in [9.17, 15) is 0 Å². The smallest absolute Gasteiger partial charge is 0.00762 e. The fourth-order valence-electron chi connectivity index (χ4n) is 5.73. The molecule has 30 heavy (non-hydrogen) atoms. The average molecular weight is 399 g/mol. The normalized spacial score (nSPS) is 20.2. The number of benzene rings is 2. The van der Waals surface area contributed by atoms with E-state index in [0.717, 1.165) is 6.42 Å². The van der Waals surface area contributed by atoms with Crippen LogP contribution in [0.3, 0.4) is 0 Å². The van der Waals surface area contributed by atoms with E-state index in [2.05, 4.69) is 77.9 Å². The Morgan fingerprint density at radius 3 is 2.30 bits per heavy atom. The lowest BCUT2D eigenvalue weighted by molar-refractivity contribution is 0.666. The van der Waals surface area contributed by atoms with Gasteiger partial charge < -0.3 is 0 Å². The molecule has 0 heterocycles. The van der Waals surface area contributed by atoms with Gasteiger partial charge in [0.25, 0.3) is 0 Å². The minimum atomic E-state index is 0.495. The highest BCUT2D eigenvalue weighted by atomic mass is 14.3. The van der Waals surface area contributed by atoms with Crippen LogP contribution in [0.5, 0.6) is 0 Å². The van der Waals surface area contributed by atoms with E-state index in [-0.39, 0.29) is 0 Å². The predicted octanol–water partition coefficient (Wildman–Crippen LogP) is 8.79. The Morgan fingerprint density at radius 2 is 1.60 bits per heavy atom.